The number of aromatic amines is 1. The molecule has 1 aromatic carbocycles. The number of H-pyrrole nitrogens is 1. The SMILES string of the molecule is Cc1c(NC(=O)C=CCN(C)C)cccc1-c1cnc(C(N)=O)c2[nH]ccc12. The summed E-state index contributed by atoms with van der Waals surface area (Å²) in [4.78, 5) is 33.1. The molecule has 2 heterocycles. The highest BCUT2D eigenvalue weighted by Gasteiger charge is 2.16. The van der Waals surface area contributed by atoms with E-state index in [1.807, 2.05) is 56.3 Å². The lowest BCUT2D eigenvalue weighted by Crippen LogP contribution is -2.14. The number of amides is 2. The van der Waals surface area contributed by atoms with Crippen LogP contribution in [0.2, 0.25) is 0 Å². The highest BCUT2D eigenvalue weighted by atomic mass is 16.1. The molecular formula is C21H23N5O2. The third-order valence-electron chi connectivity index (χ3n) is 4.45. The lowest BCUT2D eigenvalue weighted by atomic mass is 9.97. The Morgan fingerprint density at radius 2 is 2.04 bits per heavy atom. The van der Waals surface area contributed by atoms with Crippen molar-refractivity contribution in [1.29, 1.82) is 0 Å². The molecule has 0 saturated heterocycles. The molecule has 0 radical (unpaired) electrons. The normalized spacial score (nSPS) is 11.4. The quantitative estimate of drug-likeness (QED) is 0.575. The maximum atomic E-state index is 12.2. The Kier molecular flexibility index (Phi) is 5.56. The number of nitrogens with zero attached hydrogens (tertiary/aromatic N) is 2. The van der Waals surface area contributed by atoms with Crippen LogP contribution in [0.4, 0.5) is 5.69 Å². The standard InChI is InChI=1S/C21H23N5O2/c1-13-14(6-4-7-17(13)25-18(27)8-5-11-26(2)3)16-12-24-20(21(22)28)19-15(16)9-10-23-19/h4-10,12,23H,11H2,1-3H3,(H2,22,28)(H,25,27). The summed E-state index contributed by atoms with van der Waals surface area (Å²) in [7, 11) is 3.88. The first-order valence-corrected chi connectivity index (χ1v) is 8.86. The number of fused-ring (bicyclic) bond motifs is 1. The van der Waals surface area contributed by atoms with Gasteiger partial charge in [-0.1, -0.05) is 18.2 Å². The third-order valence-corrected chi connectivity index (χ3v) is 4.45. The molecule has 3 aromatic rings. The van der Waals surface area contributed by atoms with Crippen molar-refractivity contribution < 1.29 is 9.59 Å². The van der Waals surface area contributed by atoms with E-state index in [9.17, 15) is 9.59 Å². The number of aromatic nitrogens is 2. The molecule has 0 atom stereocenters. The zero-order chi connectivity index (χ0) is 20.3. The van der Waals surface area contributed by atoms with Crippen LogP contribution in [-0.2, 0) is 4.79 Å². The van der Waals surface area contributed by atoms with Crippen molar-refractivity contribution in [2.24, 2.45) is 5.73 Å². The fraction of sp³-hybridized carbons (Fsp3) is 0.190. The number of carbonyl (C=O) groups is 2. The Bertz CT molecular complexity index is 1070. The van der Waals surface area contributed by atoms with Crippen LogP contribution in [0.15, 0.2) is 48.8 Å². The van der Waals surface area contributed by atoms with E-state index in [-0.39, 0.29) is 11.6 Å². The third kappa shape index (κ3) is 3.94. The number of likely N-dealkylation sites (N-methyl/N-ethyl adjacent to an activating group) is 1. The molecule has 4 N–H and O–H groups in total. The van der Waals surface area contributed by atoms with E-state index in [0.29, 0.717) is 12.1 Å². The summed E-state index contributed by atoms with van der Waals surface area (Å²) in [6.45, 7) is 2.63. The minimum absolute atomic E-state index is 0.184. The van der Waals surface area contributed by atoms with Crippen LogP contribution in [0, 0.1) is 6.92 Å². The van der Waals surface area contributed by atoms with Crippen LogP contribution in [0.3, 0.4) is 0 Å². The van der Waals surface area contributed by atoms with Crippen molar-refractivity contribution >= 4 is 28.4 Å². The predicted molar refractivity (Wildman–Crippen MR) is 111 cm³/mol. The molecule has 144 valence electrons. The monoisotopic (exact) mass is 377 g/mol. The Labute approximate surface area is 163 Å². The number of pyridine rings is 1. The van der Waals surface area contributed by atoms with Crippen molar-refractivity contribution in [2.45, 2.75) is 6.92 Å². The van der Waals surface area contributed by atoms with E-state index in [1.54, 1.807) is 12.4 Å². The number of primary amides is 1. The van der Waals surface area contributed by atoms with Crippen molar-refractivity contribution in [3.05, 3.63) is 60.1 Å². The molecule has 2 aromatic heterocycles. The smallest absolute Gasteiger partial charge is 0.269 e. The highest BCUT2D eigenvalue weighted by molar-refractivity contribution is 6.08. The fourth-order valence-corrected chi connectivity index (χ4v) is 3.06. The molecule has 3 rings (SSSR count). The summed E-state index contributed by atoms with van der Waals surface area (Å²) in [6.07, 6.45) is 6.73. The van der Waals surface area contributed by atoms with Gasteiger partial charge in [0.2, 0.25) is 5.91 Å². The predicted octanol–water partition coefficient (Wildman–Crippen LogP) is 2.69. The van der Waals surface area contributed by atoms with E-state index in [2.05, 4.69) is 15.3 Å². The van der Waals surface area contributed by atoms with Crippen molar-refractivity contribution in [3.8, 4) is 11.1 Å². The number of hydrogen-bond acceptors (Lipinski definition) is 4. The molecule has 0 aliphatic heterocycles. The molecule has 0 aliphatic rings. The van der Waals surface area contributed by atoms with E-state index >= 15 is 0 Å². The lowest BCUT2D eigenvalue weighted by Gasteiger charge is -2.13. The Morgan fingerprint density at radius 1 is 1.25 bits per heavy atom. The molecule has 0 fully saturated rings. The molecular weight excluding hydrogens is 354 g/mol. The second kappa shape index (κ2) is 8.06. The number of benzene rings is 1. The highest BCUT2D eigenvalue weighted by Crippen LogP contribution is 2.33. The summed E-state index contributed by atoms with van der Waals surface area (Å²) in [5, 5.41) is 3.77. The maximum Gasteiger partial charge on any atom is 0.269 e. The molecule has 0 saturated carbocycles. The maximum absolute atomic E-state index is 12.2. The number of rotatable bonds is 6. The van der Waals surface area contributed by atoms with E-state index in [4.69, 9.17) is 5.73 Å². The topological polar surface area (TPSA) is 104 Å². The average Bonchev–Trinajstić information content (AvgIpc) is 3.12. The zero-order valence-corrected chi connectivity index (χ0v) is 16.1. The van der Waals surface area contributed by atoms with Gasteiger partial charge in [0.05, 0.1) is 5.52 Å². The fourth-order valence-electron chi connectivity index (χ4n) is 3.06. The van der Waals surface area contributed by atoms with Gasteiger partial charge < -0.3 is 20.9 Å². The molecule has 7 heteroatoms. The number of hydrogen-bond donors (Lipinski definition) is 3. The first-order valence-electron chi connectivity index (χ1n) is 8.86. The molecule has 28 heavy (non-hydrogen) atoms. The second-order valence-corrected chi connectivity index (χ2v) is 6.78. The molecule has 2 amide bonds. The van der Waals surface area contributed by atoms with Gasteiger partial charge in [-0.25, -0.2) is 4.98 Å². The van der Waals surface area contributed by atoms with Crippen molar-refractivity contribution in [3.63, 3.8) is 0 Å². The first-order chi connectivity index (χ1) is 13.4. The lowest BCUT2D eigenvalue weighted by molar-refractivity contribution is -0.111. The molecule has 0 bridgehead atoms. The molecule has 0 unspecified atom stereocenters. The average molecular weight is 377 g/mol. The molecule has 0 aliphatic carbocycles. The van der Waals surface area contributed by atoms with Crippen LogP contribution in [0.1, 0.15) is 16.1 Å². The summed E-state index contributed by atoms with van der Waals surface area (Å²) in [5.74, 6) is -0.766. The summed E-state index contributed by atoms with van der Waals surface area (Å²) in [5.41, 5.74) is 9.64. The van der Waals surface area contributed by atoms with Gasteiger partial charge in [0, 0.05) is 41.7 Å². The van der Waals surface area contributed by atoms with Crippen LogP contribution >= 0.6 is 0 Å². The Hall–Kier alpha value is -3.45. The molecule has 7 nitrogen and oxygen atoms in total. The summed E-state index contributed by atoms with van der Waals surface area (Å²) < 4.78 is 0. The van der Waals surface area contributed by atoms with Gasteiger partial charge >= 0.3 is 0 Å². The number of nitrogens with two attached hydrogens (primary N) is 1. The van der Waals surface area contributed by atoms with E-state index < -0.39 is 5.91 Å². The van der Waals surface area contributed by atoms with Gasteiger partial charge in [-0.05, 0) is 44.3 Å². The van der Waals surface area contributed by atoms with Crippen LogP contribution < -0.4 is 11.1 Å². The van der Waals surface area contributed by atoms with Gasteiger partial charge in [-0.15, -0.1) is 0 Å². The van der Waals surface area contributed by atoms with E-state index in [1.165, 1.54) is 6.08 Å². The van der Waals surface area contributed by atoms with Gasteiger partial charge in [-0.3, -0.25) is 9.59 Å². The zero-order valence-electron chi connectivity index (χ0n) is 16.1. The summed E-state index contributed by atoms with van der Waals surface area (Å²) >= 11 is 0. The van der Waals surface area contributed by atoms with Crippen LogP contribution in [-0.4, -0.2) is 47.3 Å². The number of carbonyl (C=O) groups excluding carboxylic acids is 2. The minimum Gasteiger partial charge on any atom is -0.364 e. The van der Waals surface area contributed by atoms with Gasteiger partial charge in [0.15, 0.2) is 5.69 Å². The van der Waals surface area contributed by atoms with E-state index in [0.717, 1.165) is 27.8 Å². The number of nitrogens with one attached hydrogen (secondary N) is 2. The Balaban J connectivity index is 1.96. The number of anilines is 1. The molecule has 0 spiro atoms. The van der Waals surface area contributed by atoms with Gasteiger partial charge in [0.25, 0.3) is 5.91 Å². The Morgan fingerprint density at radius 3 is 2.75 bits per heavy atom. The van der Waals surface area contributed by atoms with Crippen molar-refractivity contribution in [1.82, 2.24) is 14.9 Å². The second-order valence-electron chi connectivity index (χ2n) is 6.78. The minimum atomic E-state index is -0.582. The first kappa shape index (κ1) is 19.3. The van der Waals surface area contributed by atoms with Crippen LogP contribution in [0.25, 0.3) is 22.0 Å². The summed E-state index contributed by atoms with van der Waals surface area (Å²) in [6, 6.07) is 7.58. The largest absolute Gasteiger partial charge is 0.364 e. The van der Waals surface area contributed by atoms with Gasteiger partial charge in [-0.2, -0.15) is 0 Å². The van der Waals surface area contributed by atoms with Crippen molar-refractivity contribution in [2.75, 3.05) is 26.0 Å². The van der Waals surface area contributed by atoms with Crippen LogP contribution in [0.5, 0.6) is 0 Å². The van der Waals surface area contributed by atoms with Gasteiger partial charge in [0.1, 0.15) is 0 Å².